The SMILES string of the molecule is CC(=O)c1ccc(I)cc1.CCO[Si](OCC)(OCC)c1ccc(C(C)=O)cc1.S=S=S=S=S=S=S=S=S=S=S=S=S=S=S=S=S=S=S=S=S=S=S=S=S=S=S=S=S=S=S=S=S=S=S=S=S=S=S=S=S=S=S=S=S=S=S=S=S=S=S=S=S=S=S=S=S=S=S. The lowest BCUT2D eigenvalue weighted by atomic mass is 10.2. The van der Waals surface area contributed by atoms with Gasteiger partial charge < -0.3 is 13.3 Å². The van der Waals surface area contributed by atoms with Gasteiger partial charge in [0.1, 0.15) is 0 Å². The van der Waals surface area contributed by atoms with Crippen molar-refractivity contribution in [2.75, 3.05) is 19.8 Å². The molecule has 0 aromatic heterocycles. The fourth-order valence-corrected chi connectivity index (χ4v) is 157. The third-order valence-electron chi connectivity index (χ3n) is 5.45. The van der Waals surface area contributed by atoms with E-state index >= 15 is 0 Å². The van der Waals surface area contributed by atoms with Crippen LogP contribution >= 0.6 is 22.6 Å². The Kier molecular flexibility index (Phi) is 93.5. The van der Waals surface area contributed by atoms with Gasteiger partial charge in [0, 0.05) is 568 Å². The minimum Gasteiger partial charge on any atom is -0.370 e. The molecule has 0 heterocycles. The first-order chi connectivity index (χ1) is 43.2. The fourth-order valence-electron chi connectivity index (χ4n) is 3.16. The number of Topliss-reactive ketones (excluding diaryl/α,β-unsaturated/α-hetero) is 2. The summed E-state index contributed by atoms with van der Waals surface area (Å²) in [6.07, 6.45) is 0. The minimum absolute atomic E-state index is 0.0445. The Morgan fingerprint density at radius 3 is 0.580 bits per heavy atom. The molecule has 88 heavy (non-hydrogen) atoms. The minimum atomic E-state index is -2.84. The van der Waals surface area contributed by atoms with Gasteiger partial charge in [-0.15, -0.1) is 0 Å². The zero-order valence-corrected chi connectivity index (χ0v) is 93.1. The number of halogens is 1. The lowest BCUT2D eigenvalue weighted by Gasteiger charge is -2.28. The van der Waals surface area contributed by atoms with Crippen molar-refractivity contribution in [1.29, 1.82) is 0 Å². The summed E-state index contributed by atoms with van der Waals surface area (Å²) in [4.78, 5) is 22.1. The van der Waals surface area contributed by atoms with Crippen LogP contribution in [0, 0.1) is 3.57 Å². The Hall–Kier alpha value is 11.6. The van der Waals surface area contributed by atoms with Gasteiger partial charge in [-0.3, -0.25) is 9.59 Å². The quantitative estimate of drug-likeness (QED) is 0.209. The van der Waals surface area contributed by atoms with E-state index in [0.717, 1.165) is 14.3 Å². The Labute approximate surface area is 699 Å². The van der Waals surface area contributed by atoms with Crippen LogP contribution in [0.2, 0.25) is 0 Å². The van der Waals surface area contributed by atoms with Crippen LogP contribution in [-0.4, -0.2) is 40.2 Å². The zero-order chi connectivity index (χ0) is 64.2. The number of ketones is 2. The summed E-state index contributed by atoms with van der Waals surface area (Å²) in [5, 5.41) is 0.892. The van der Waals surface area contributed by atoms with E-state index in [1.165, 1.54) is 17.8 Å². The zero-order valence-electron chi connectivity index (χ0n) is 41.7. The molecule has 0 spiro atoms. The molecule has 2 rings (SSSR count). The highest BCUT2D eigenvalue weighted by atomic mass is 127. The molecule has 2 aromatic rings. The van der Waals surface area contributed by atoms with Crippen molar-refractivity contribution in [2.24, 2.45) is 0 Å². The van der Waals surface area contributed by atoms with Crippen LogP contribution in [-0.2, 0) is 542 Å². The molecular weight excluding hydrogens is 2390 g/mol. The first kappa shape index (κ1) is 99.6. The molecule has 66 heteroatoms. The average molecular weight is 2420 g/mol. The van der Waals surface area contributed by atoms with Crippen molar-refractivity contribution in [2.45, 2.75) is 34.6 Å². The van der Waals surface area contributed by atoms with E-state index in [-0.39, 0.29) is 11.6 Å². The molecule has 5 nitrogen and oxygen atoms in total. The molecule has 0 saturated heterocycles. The standard InChI is InChI=1S/C14H22O4Si.C8H7IO.S59/c1-5-16-19(17-6-2,18-7-3)14-10-8-13(9-11-14)12(4)15;1-6(10)7-2-4-8(9)5-3-7;1-3-5-7-9-11-13-15-17-19-21-23-25-27-29-31-33-35-37-39-41-43-45-47-49-51-53-55-57-59-58-56-54-52-50-48-46-44-42-40-38-36-34-32-30-28-26-24-22-20-18-16-14-12-10-8-6-4-2/h8-11H,5-7H2,1-4H3;2-5H,1H3;. The van der Waals surface area contributed by atoms with Crippen LogP contribution in [0.1, 0.15) is 55.3 Å². The molecule has 0 saturated carbocycles. The summed E-state index contributed by atoms with van der Waals surface area (Å²) < 4.78 is 18.6. The number of benzene rings is 2. The number of rotatable bonds is 9. The van der Waals surface area contributed by atoms with Gasteiger partial charge in [0.2, 0.25) is 0 Å². The van der Waals surface area contributed by atoms with Crippen molar-refractivity contribution in [3.8, 4) is 0 Å². The lowest BCUT2D eigenvalue weighted by molar-refractivity contribution is 0.0857. The molecule has 0 fully saturated rings. The summed E-state index contributed by atoms with van der Waals surface area (Å²) in [6, 6.07) is 14.8. The number of hydrogen-bond donors (Lipinski definition) is 0. The molecule has 0 N–H and O–H groups in total. The van der Waals surface area contributed by atoms with Crippen LogP contribution < -0.4 is 5.19 Å². The van der Waals surface area contributed by atoms with Gasteiger partial charge >= 0.3 is 8.80 Å². The second-order valence-corrected chi connectivity index (χ2v) is 115. The van der Waals surface area contributed by atoms with Gasteiger partial charge in [-0.2, -0.15) is 0 Å². The highest BCUT2D eigenvalue weighted by molar-refractivity contribution is 14.1. The van der Waals surface area contributed by atoms with Gasteiger partial charge in [-0.25, -0.2) is 0 Å². The lowest BCUT2D eigenvalue weighted by Crippen LogP contribution is -2.56. The maximum atomic E-state index is 11.3. The summed E-state index contributed by atoms with van der Waals surface area (Å²) >= 11 is 11.8. The highest BCUT2D eigenvalue weighted by Crippen LogP contribution is 2.12. The number of hydrogen-bond acceptors (Lipinski definition) is 7. The smallest absolute Gasteiger partial charge is 0.370 e. The second kappa shape index (κ2) is 82.6. The molecule has 0 bridgehead atoms. The van der Waals surface area contributed by atoms with Crippen LogP contribution in [0.5, 0.6) is 0 Å². The molecular formula is C22H29IO5S59Si. The molecule has 0 amide bonds. The van der Waals surface area contributed by atoms with Crippen LogP contribution in [0.25, 0.3) is 0 Å². The summed E-state index contributed by atoms with van der Waals surface area (Å²) in [6.45, 7) is 10.5. The van der Waals surface area contributed by atoms with Crippen molar-refractivity contribution in [3.63, 3.8) is 0 Å². The first-order valence-corrected chi connectivity index (χ1v) is 99.4. The van der Waals surface area contributed by atoms with Crippen molar-refractivity contribution in [1.82, 2.24) is 0 Å². The van der Waals surface area contributed by atoms with E-state index in [2.05, 4.69) is 22.6 Å². The van der Waals surface area contributed by atoms with Crippen molar-refractivity contribution >= 4 is 577 Å². The van der Waals surface area contributed by atoms with Gasteiger partial charge in [-0.05, 0) is 69.3 Å². The Bertz CT molecular complexity index is 5270. The topological polar surface area (TPSA) is 61.8 Å². The van der Waals surface area contributed by atoms with E-state index in [1.54, 1.807) is 133 Å². The van der Waals surface area contributed by atoms with Gasteiger partial charge in [0.05, 0.1) is 0 Å². The molecule has 0 aliphatic rings. The molecule has 0 aliphatic heterocycles. The maximum Gasteiger partial charge on any atom is 0.537 e. The van der Waals surface area contributed by atoms with Crippen molar-refractivity contribution in [3.05, 3.63) is 63.2 Å². The number of carbonyl (C=O) groups excluding carboxylic acids is 2. The highest BCUT2D eigenvalue weighted by Gasteiger charge is 2.43. The van der Waals surface area contributed by atoms with Gasteiger partial charge in [0.15, 0.2) is 11.6 Å². The van der Waals surface area contributed by atoms with Crippen LogP contribution in [0.15, 0.2) is 48.5 Å². The Morgan fingerprint density at radius 1 is 0.295 bits per heavy atom. The Balaban J connectivity index is 0.00000209. The second-order valence-electron chi connectivity index (χ2n) is 9.93. The van der Waals surface area contributed by atoms with Gasteiger partial charge in [0.25, 0.3) is 0 Å². The van der Waals surface area contributed by atoms with E-state index in [0.29, 0.717) is 25.4 Å². The predicted octanol–water partition coefficient (Wildman–Crippen LogP) is 4.50. The molecule has 2 aromatic carbocycles. The molecule has 512 valence electrons. The van der Waals surface area contributed by atoms with E-state index in [9.17, 15) is 9.59 Å². The third-order valence-corrected chi connectivity index (χ3v) is 134. The van der Waals surface area contributed by atoms with Gasteiger partial charge in [-0.1, -0.05) is 36.4 Å². The Morgan fingerprint density at radius 2 is 0.443 bits per heavy atom. The molecule has 0 atom stereocenters. The normalized spacial score (nSPS) is 8.80. The summed E-state index contributed by atoms with van der Waals surface area (Å²) in [5.41, 5.74) is 1.46. The molecule has 0 aliphatic carbocycles. The van der Waals surface area contributed by atoms with Crippen LogP contribution in [0.4, 0.5) is 0 Å². The molecule has 0 unspecified atom stereocenters. The fraction of sp³-hybridized carbons (Fsp3) is 0.364. The average Bonchev–Trinajstić information content (AvgIpc) is 3.63. The first-order valence-electron chi connectivity index (χ1n) is 19.3. The number of carbonyl (C=O) groups is 2. The van der Waals surface area contributed by atoms with E-state index in [1.807, 2.05) is 439 Å². The predicted molar refractivity (Wildman–Crippen MR) is 560 cm³/mol. The summed E-state index contributed by atoms with van der Waals surface area (Å²) in [5.74, 6) is 0.166. The largest absolute Gasteiger partial charge is 0.537 e. The van der Waals surface area contributed by atoms with Crippen molar-refractivity contribution < 1.29 is 22.9 Å². The monoisotopic (exact) mass is 2410 g/mol. The van der Waals surface area contributed by atoms with E-state index < -0.39 is 8.80 Å². The summed E-state index contributed by atoms with van der Waals surface area (Å²) in [7, 11) is 99.4. The van der Waals surface area contributed by atoms with E-state index in [4.69, 9.17) is 35.7 Å². The molecule has 0 radical (unpaired) electrons. The maximum absolute atomic E-state index is 11.3. The third kappa shape index (κ3) is 70.6. The van der Waals surface area contributed by atoms with Crippen LogP contribution in [0.3, 0.4) is 0 Å².